The Bertz CT molecular complexity index is 762. The minimum absolute atomic E-state index is 0.130. The molecule has 0 spiro atoms. The number of tetrazole rings is 1. The van der Waals surface area contributed by atoms with Gasteiger partial charge in [-0.3, -0.25) is 0 Å². The Morgan fingerprint density at radius 1 is 1.14 bits per heavy atom. The lowest BCUT2D eigenvalue weighted by atomic mass is 10.0. The van der Waals surface area contributed by atoms with Gasteiger partial charge in [0.15, 0.2) is 0 Å². The van der Waals surface area contributed by atoms with Crippen LogP contribution in [0.15, 0.2) is 24.3 Å². The number of halogens is 1. The highest BCUT2D eigenvalue weighted by atomic mass is 19.1. The number of hydrogen-bond donors (Lipinski definition) is 1. The third-order valence-electron chi connectivity index (χ3n) is 6.30. The smallest absolute Gasteiger partial charge is 0.209 e. The molecule has 0 amide bonds. The average Bonchev–Trinajstić information content (AvgIpc) is 3.38. The summed E-state index contributed by atoms with van der Waals surface area (Å²) in [4.78, 5) is 3.70. The van der Waals surface area contributed by atoms with Crippen LogP contribution in [0, 0.1) is 11.7 Å². The third-order valence-corrected chi connectivity index (χ3v) is 6.30. The summed E-state index contributed by atoms with van der Waals surface area (Å²) in [5.74, 6) is 1.50. The lowest BCUT2D eigenvalue weighted by molar-refractivity contribution is -0.934. The molecule has 0 bridgehead atoms. The second-order valence-corrected chi connectivity index (χ2v) is 8.70. The third kappa shape index (κ3) is 4.04. The van der Waals surface area contributed by atoms with E-state index < -0.39 is 0 Å². The van der Waals surface area contributed by atoms with Gasteiger partial charge in [-0.1, -0.05) is 38.8 Å². The van der Waals surface area contributed by atoms with Gasteiger partial charge in [-0.2, -0.15) is 0 Å². The van der Waals surface area contributed by atoms with Crippen molar-refractivity contribution >= 4 is 5.69 Å². The van der Waals surface area contributed by atoms with E-state index >= 15 is 0 Å². The Kier molecular flexibility index (Phi) is 5.90. The average molecular weight is 388 g/mol. The Balaban J connectivity index is 1.50. The molecule has 1 saturated carbocycles. The van der Waals surface area contributed by atoms with Crippen molar-refractivity contribution in [3.63, 3.8) is 0 Å². The summed E-state index contributed by atoms with van der Waals surface area (Å²) >= 11 is 0. The molecule has 1 N–H and O–H groups in total. The maximum Gasteiger partial charge on any atom is 0.209 e. The lowest BCUT2D eigenvalue weighted by Gasteiger charge is -2.37. The van der Waals surface area contributed by atoms with Gasteiger partial charge >= 0.3 is 0 Å². The van der Waals surface area contributed by atoms with Gasteiger partial charge in [0.05, 0.1) is 37.9 Å². The van der Waals surface area contributed by atoms with Gasteiger partial charge in [0.1, 0.15) is 11.9 Å². The van der Waals surface area contributed by atoms with E-state index in [-0.39, 0.29) is 5.82 Å². The standard InChI is InChI=1S/C21H31FN6/c1-16(2)15-20(21-23-24-25-28(21)17-7-3-4-8-17)27-13-11-26(12-14-27)19-10-6-5-9-18(19)22/h5-6,9-10,16-17,20H,3-4,7-8,11-15H2,1-2H3/p+1/t20-/m0/s1. The molecule has 2 heterocycles. The Labute approximate surface area is 166 Å². The second kappa shape index (κ2) is 8.55. The van der Waals surface area contributed by atoms with Crippen LogP contribution in [-0.2, 0) is 0 Å². The largest absolute Gasteiger partial charge is 0.358 e. The normalized spacial score (nSPS) is 20.2. The minimum atomic E-state index is -0.130. The molecule has 0 radical (unpaired) electrons. The molecule has 4 rings (SSSR count). The SMILES string of the molecule is CC(C)C[C@@H](c1nnnn1C1CCCC1)[NH+]1CCN(c2ccccc2F)CC1. The molecular weight excluding hydrogens is 355 g/mol. The van der Waals surface area contributed by atoms with Crippen LogP contribution in [0.4, 0.5) is 10.1 Å². The van der Waals surface area contributed by atoms with E-state index in [1.165, 1.54) is 30.6 Å². The van der Waals surface area contributed by atoms with Gasteiger partial charge < -0.3 is 9.80 Å². The molecule has 1 aliphatic heterocycles. The van der Waals surface area contributed by atoms with E-state index in [0.717, 1.165) is 44.1 Å². The van der Waals surface area contributed by atoms with Crippen molar-refractivity contribution in [1.82, 2.24) is 20.2 Å². The number of nitrogens with one attached hydrogen (secondary N) is 1. The number of piperazine rings is 1. The second-order valence-electron chi connectivity index (χ2n) is 8.70. The summed E-state index contributed by atoms with van der Waals surface area (Å²) < 4.78 is 16.3. The number of aromatic nitrogens is 4. The number of nitrogens with zero attached hydrogens (tertiary/aromatic N) is 5. The molecule has 1 saturated heterocycles. The number of anilines is 1. The number of benzene rings is 1. The summed E-state index contributed by atoms with van der Waals surface area (Å²) in [5.41, 5.74) is 0.720. The fourth-order valence-corrected chi connectivity index (χ4v) is 4.86. The fraction of sp³-hybridized carbons (Fsp3) is 0.667. The van der Waals surface area contributed by atoms with Crippen molar-refractivity contribution in [2.75, 3.05) is 31.1 Å². The van der Waals surface area contributed by atoms with Crippen molar-refractivity contribution in [3.05, 3.63) is 35.9 Å². The molecule has 1 aromatic heterocycles. The molecule has 6 nitrogen and oxygen atoms in total. The first-order valence-corrected chi connectivity index (χ1v) is 10.7. The fourth-order valence-electron chi connectivity index (χ4n) is 4.86. The van der Waals surface area contributed by atoms with Crippen LogP contribution in [0.25, 0.3) is 0 Å². The van der Waals surface area contributed by atoms with E-state index in [1.807, 2.05) is 12.1 Å². The van der Waals surface area contributed by atoms with Crippen LogP contribution in [-0.4, -0.2) is 46.4 Å². The number of hydrogen-bond acceptors (Lipinski definition) is 4. The molecule has 28 heavy (non-hydrogen) atoms. The molecule has 1 aromatic carbocycles. The molecule has 7 heteroatoms. The summed E-state index contributed by atoms with van der Waals surface area (Å²) in [7, 11) is 0. The van der Waals surface area contributed by atoms with Crippen LogP contribution in [0.1, 0.15) is 63.9 Å². The molecule has 2 aromatic rings. The number of quaternary nitrogens is 1. The first-order chi connectivity index (χ1) is 13.6. The predicted molar refractivity (Wildman–Crippen MR) is 107 cm³/mol. The van der Waals surface area contributed by atoms with Crippen molar-refractivity contribution in [2.24, 2.45) is 5.92 Å². The van der Waals surface area contributed by atoms with Crippen molar-refractivity contribution in [3.8, 4) is 0 Å². The Morgan fingerprint density at radius 3 is 2.54 bits per heavy atom. The van der Waals surface area contributed by atoms with Gasteiger partial charge in [-0.15, -0.1) is 5.10 Å². The number of para-hydroxylation sites is 1. The molecule has 2 aliphatic rings. The topological polar surface area (TPSA) is 51.3 Å². The van der Waals surface area contributed by atoms with Gasteiger partial charge in [-0.25, -0.2) is 9.07 Å². The number of rotatable bonds is 6. The van der Waals surface area contributed by atoms with E-state index in [0.29, 0.717) is 18.0 Å². The van der Waals surface area contributed by atoms with Gasteiger partial charge in [0, 0.05) is 6.42 Å². The first-order valence-electron chi connectivity index (χ1n) is 10.7. The quantitative estimate of drug-likeness (QED) is 0.827. The highest BCUT2D eigenvalue weighted by Gasteiger charge is 2.35. The van der Waals surface area contributed by atoms with E-state index in [1.54, 1.807) is 12.1 Å². The monoisotopic (exact) mass is 387 g/mol. The molecule has 152 valence electrons. The zero-order valence-corrected chi connectivity index (χ0v) is 17.0. The minimum Gasteiger partial charge on any atom is -0.358 e. The van der Waals surface area contributed by atoms with Crippen LogP contribution >= 0.6 is 0 Å². The van der Waals surface area contributed by atoms with Gasteiger partial charge in [0.2, 0.25) is 5.82 Å². The maximum absolute atomic E-state index is 14.2. The first kappa shape index (κ1) is 19.3. The lowest BCUT2D eigenvalue weighted by Crippen LogP contribution is -3.15. The zero-order valence-electron chi connectivity index (χ0n) is 17.0. The van der Waals surface area contributed by atoms with Gasteiger partial charge in [0.25, 0.3) is 0 Å². The summed E-state index contributed by atoms with van der Waals surface area (Å²) in [6.45, 7) is 8.20. The predicted octanol–water partition coefficient (Wildman–Crippen LogP) is 2.42. The van der Waals surface area contributed by atoms with Crippen molar-refractivity contribution in [1.29, 1.82) is 0 Å². The summed E-state index contributed by atoms with van der Waals surface area (Å²) in [6, 6.07) is 7.85. The van der Waals surface area contributed by atoms with Crippen LogP contribution < -0.4 is 9.80 Å². The highest BCUT2D eigenvalue weighted by Crippen LogP contribution is 2.31. The van der Waals surface area contributed by atoms with Crippen LogP contribution in [0.5, 0.6) is 0 Å². The van der Waals surface area contributed by atoms with Crippen LogP contribution in [0.3, 0.4) is 0 Å². The van der Waals surface area contributed by atoms with Crippen molar-refractivity contribution < 1.29 is 9.29 Å². The molecule has 1 aliphatic carbocycles. The zero-order chi connectivity index (χ0) is 19.5. The van der Waals surface area contributed by atoms with Crippen molar-refractivity contribution in [2.45, 2.75) is 58.0 Å². The summed E-state index contributed by atoms with van der Waals surface area (Å²) in [5, 5.41) is 12.9. The molecule has 1 atom stereocenters. The van der Waals surface area contributed by atoms with E-state index in [4.69, 9.17) is 0 Å². The Morgan fingerprint density at radius 2 is 1.86 bits per heavy atom. The molecule has 2 fully saturated rings. The highest BCUT2D eigenvalue weighted by molar-refractivity contribution is 5.47. The van der Waals surface area contributed by atoms with Crippen LogP contribution in [0.2, 0.25) is 0 Å². The van der Waals surface area contributed by atoms with E-state index in [9.17, 15) is 4.39 Å². The maximum atomic E-state index is 14.2. The molecular formula is C21H32FN6+. The summed E-state index contributed by atoms with van der Waals surface area (Å²) in [6.07, 6.45) is 5.98. The van der Waals surface area contributed by atoms with Gasteiger partial charge in [-0.05, 0) is 41.3 Å². The van der Waals surface area contributed by atoms with E-state index in [2.05, 4.69) is 39.0 Å². The molecule has 0 unspecified atom stereocenters. The Hall–Kier alpha value is -2.02.